The van der Waals surface area contributed by atoms with Gasteiger partial charge in [0.15, 0.2) is 12.3 Å². The molecule has 0 aliphatic carbocycles. The lowest BCUT2D eigenvalue weighted by atomic mass is 9.97. The molecule has 1 fully saturated rings. The quantitative estimate of drug-likeness (QED) is 0.299. The maximum absolute atomic E-state index is 13.2. The first-order valence-electron chi connectivity index (χ1n) is 13.5. The number of rotatable bonds is 13. The molecule has 0 saturated carbocycles. The first-order valence-corrected chi connectivity index (χ1v) is 13.5. The van der Waals surface area contributed by atoms with Crippen molar-refractivity contribution in [3.05, 3.63) is 20.8 Å². The summed E-state index contributed by atoms with van der Waals surface area (Å²) in [6, 6.07) is 0.190. The lowest BCUT2D eigenvalue weighted by Gasteiger charge is -2.38. The minimum atomic E-state index is -0.738. The third-order valence-electron chi connectivity index (χ3n) is 6.89. The molecular formula is C26H43N5O6. The van der Waals surface area contributed by atoms with Crippen LogP contribution in [-0.2, 0) is 25.7 Å². The summed E-state index contributed by atoms with van der Waals surface area (Å²) in [4.78, 5) is 68.4. The van der Waals surface area contributed by atoms with Crippen LogP contribution >= 0.6 is 0 Å². The number of carbonyl (C=O) groups excluding carboxylic acids is 3. The van der Waals surface area contributed by atoms with Crippen LogP contribution in [0.15, 0.2) is 9.59 Å². The first-order chi connectivity index (χ1) is 17.6. The molecule has 1 aromatic heterocycles. The smallest absolute Gasteiger partial charge is 0.330 e. The van der Waals surface area contributed by atoms with Crippen molar-refractivity contribution in [3.63, 3.8) is 0 Å². The second kappa shape index (κ2) is 14.6. The van der Waals surface area contributed by atoms with Crippen LogP contribution < -0.4 is 21.9 Å². The summed E-state index contributed by atoms with van der Waals surface area (Å²) in [5.74, 6) is -1.45. The summed E-state index contributed by atoms with van der Waals surface area (Å²) in [7, 11) is 0. The number of aromatic amines is 1. The number of piperidine rings is 1. The summed E-state index contributed by atoms with van der Waals surface area (Å²) < 4.78 is 6.44. The highest BCUT2D eigenvalue weighted by Crippen LogP contribution is 2.23. The number of nitrogens with two attached hydrogens (primary N) is 1. The number of anilines is 2. The van der Waals surface area contributed by atoms with Gasteiger partial charge in [-0.3, -0.25) is 28.7 Å². The van der Waals surface area contributed by atoms with Crippen molar-refractivity contribution in [2.24, 2.45) is 0 Å². The SMILES string of the molecule is CCCCCN(C(=O)CCC(=O)OCC(=O)N1[C@H](C)CCC[C@@H]1C)c1c(N)n(CCCC)c(=O)[nH]c1=O. The van der Waals surface area contributed by atoms with Crippen LogP contribution in [-0.4, -0.2) is 57.5 Å². The van der Waals surface area contributed by atoms with Crippen molar-refractivity contribution in [1.29, 1.82) is 0 Å². The van der Waals surface area contributed by atoms with E-state index in [4.69, 9.17) is 10.5 Å². The van der Waals surface area contributed by atoms with E-state index in [-0.39, 0.29) is 55.5 Å². The van der Waals surface area contributed by atoms with Crippen LogP contribution in [0.4, 0.5) is 11.5 Å². The number of ether oxygens (including phenoxy) is 1. The van der Waals surface area contributed by atoms with Gasteiger partial charge in [-0.25, -0.2) is 4.79 Å². The molecule has 208 valence electrons. The molecule has 2 atom stereocenters. The fraction of sp³-hybridized carbons (Fsp3) is 0.731. The van der Waals surface area contributed by atoms with E-state index in [1.165, 1.54) is 9.47 Å². The average Bonchev–Trinajstić information content (AvgIpc) is 2.84. The van der Waals surface area contributed by atoms with Gasteiger partial charge in [-0.2, -0.15) is 0 Å². The van der Waals surface area contributed by atoms with Crippen molar-refractivity contribution >= 4 is 29.3 Å². The molecule has 1 aliphatic rings. The lowest BCUT2D eigenvalue weighted by Crippen LogP contribution is -2.49. The molecule has 0 aromatic carbocycles. The van der Waals surface area contributed by atoms with Crippen molar-refractivity contribution in [1.82, 2.24) is 14.5 Å². The number of H-pyrrole nitrogens is 1. The van der Waals surface area contributed by atoms with E-state index in [1.54, 1.807) is 4.90 Å². The zero-order valence-electron chi connectivity index (χ0n) is 22.7. The van der Waals surface area contributed by atoms with Gasteiger partial charge < -0.3 is 20.3 Å². The van der Waals surface area contributed by atoms with Gasteiger partial charge in [0.1, 0.15) is 5.82 Å². The minimum Gasteiger partial charge on any atom is -0.456 e. The van der Waals surface area contributed by atoms with Gasteiger partial charge in [0.2, 0.25) is 5.91 Å². The van der Waals surface area contributed by atoms with Gasteiger partial charge in [0.25, 0.3) is 11.5 Å². The number of likely N-dealkylation sites (tertiary alicyclic amines) is 1. The number of nitrogens with zero attached hydrogens (tertiary/aromatic N) is 3. The molecule has 0 spiro atoms. The van der Waals surface area contributed by atoms with Crippen LogP contribution in [0.2, 0.25) is 0 Å². The molecule has 0 unspecified atom stereocenters. The normalized spacial score (nSPS) is 17.5. The topological polar surface area (TPSA) is 148 Å². The van der Waals surface area contributed by atoms with Crippen LogP contribution in [0, 0.1) is 0 Å². The highest BCUT2D eigenvalue weighted by atomic mass is 16.5. The monoisotopic (exact) mass is 521 g/mol. The van der Waals surface area contributed by atoms with E-state index in [0.29, 0.717) is 19.4 Å². The summed E-state index contributed by atoms with van der Waals surface area (Å²) in [5, 5.41) is 0. The molecule has 2 amide bonds. The number of amides is 2. The lowest BCUT2D eigenvalue weighted by molar-refractivity contribution is -0.155. The molecule has 1 aliphatic heterocycles. The Balaban J connectivity index is 2.09. The van der Waals surface area contributed by atoms with E-state index in [2.05, 4.69) is 4.98 Å². The number of esters is 1. The molecular weight excluding hydrogens is 478 g/mol. The molecule has 11 heteroatoms. The third-order valence-corrected chi connectivity index (χ3v) is 6.89. The first kappa shape index (κ1) is 30.1. The van der Waals surface area contributed by atoms with Gasteiger partial charge in [0.05, 0.1) is 6.42 Å². The van der Waals surface area contributed by atoms with Crippen molar-refractivity contribution in [2.45, 2.75) is 111 Å². The maximum atomic E-state index is 13.2. The van der Waals surface area contributed by atoms with Gasteiger partial charge >= 0.3 is 11.7 Å². The van der Waals surface area contributed by atoms with E-state index >= 15 is 0 Å². The molecule has 0 bridgehead atoms. The van der Waals surface area contributed by atoms with E-state index in [0.717, 1.165) is 38.5 Å². The summed E-state index contributed by atoms with van der Waals surface area (Å²) in [6.45, 7) is 8.13. The predicted molar refractivity (Wildman–Crippen MR) is 142 cm³/mol. The molecule has 37 heavy (non-hydrogen) atoms. The zero-order valence-corrected chi connectivity index (χ0v) is 22.7. The fourth-order valence-corrected chi connectivity index (χ4v) is 4.80. The largest absolute Gasteiger partial charge is 0.456 e. The number of unbranched alkanes of at least 4 members (excludes halogenated alkanes) is 3. The van der Waals surface area contributed by atoms with Gasteiger partial charge in [-0.1, -0.05) is 33.1 Å². The number of carbonyl (C=O) groups is 3. The Hall–Kier alpha value is -3.11. The Labute approximate surface area is 218 Å². The minimum absolute atomic E-state index is 0.0648. The summed E-state index contributed by atoms with van der Waals surface area (Å²) in [6.07, 6.45) is 6.29. The number of hydrogen-bond acceptors (Lipinski definition) is 7. The average molecular weight is 522 g/mol. The molecule has 11 nitrogen and oxygen atoms in total. The van der Waals surface area contributed by atoms with Crippen LogP contribution in [0.3, 0.4) is 0 Å². The van der Waals surface area contributed by atoms with Gasteiger partial charge in [-0.05, 0) is 46.0 Å². The third kappa shape index (κ3) is 8.19. The highest BCUT2D eigenvalue weighted by Gasteiger charge is 2.30. The molecule has 1 saturated heterocycles. The standard InChI is InChI=1S/C26H43N5O6/c1-5-7-9-16-29(23-24(27)30(15-8-6-2)26(36)28-25(23)35)20(32)13-14-22(34)37-17-21(33)31-18(3)11-10-12-19(31)4/h18-19H,5-17,27H2,1-4H3,(H,28,35,36)/t18-,19+. The second-order valence-corrected chi connectivity index (χ2v) is 9.84. The molecule has 2 rings (SSSR count). The zero-order chi connectivity index (χ0) is 27.5. The van der Waals surface area contributed by atoms with Crippen LogP contribution in [0.5, 0.6) is 0 Å². The Morgan fingerprint density at radius 3 is 2.30 bits per heavy atom. The van der Waals surface area contributed by atoms with E-state index in [9.17, 15) is 24.0 Å². The predicted octanol–water partition coefficient (Wildman–Crippen LogP) is 2.56. The van der Waals surface area contributed by atoms with Crippen molar-refractivity contribution < 1.29 is 19.1 Å². The molecule has 1 aromatic rings. The van der Waals surface area contributed by atoms with Gasteiger partial charge in [0, 0.05) is 31.6 Å². The van der Waals surface area contributed by atoms with Gasteiger partial charge in [-0.15, -0.1) is 0 Å². The summed E-state index contributed by atoms with van der Waals surface area (Å²) >= 11 is 0. The molecule has 3 N–H and O–H groups in total. The van der Waals surface area contributed by atoms with Crippen LogP contribution in [0.1, 0.15) is 91.9 Å². The Kier molecular flexibility index (Phi) is 11.9. The van der Waals surface area contributed by atoms with E-state index < -0.39 is 23.1 Å². The Morgan fingerprint density at radius 2 is 1.68 bits per heavy atom. The number of hydrogen-bond donors (Lipinski definition) is 2. The van der Waals surface area contributed by atoms with Crippen molar-refractivity contribution in [3.8, 4) is 0 Å². The molecule has 0 radical (unpaired) electrons. The second-order valence-electron chi connectivity index (χ2n) is 9.84. The highest BCUT2D eigenvalue weighted by molar-refractivity contribution is 5.97. The van der Waals surface area contributed by atoms with Crippen LogP contribution in [0.25, 0.3) is 0 Å². The van der Waals surface area contributed by atoms with Crippen molar-refractivity contribution in [2.75, 3.05) is 23.8 Å². The van der Waals surface area contributed by atoms with E-state index in [1.807, 2.05) is 27.7 Å². The fourth-order valence-electron chi connectivity index (χ4n) is 4.80. The molecule has 2 heterocycles. The Bertz CT molecular complexity index is 1040. The summed E-state index contributed by atoms with van der Waals surface area (Å²) in [5.41, 5.74) is 4.78. The number of nitrogens with one attached hydrogen (secondary N) is 1. The maximum Gasteiger partial charge on any atom is 0.330 e. The Morgan fingerprint density at radius 1 is 1.03 bits per heavy atom. The number of aromatic nitrogens is 2. The number of nitrogen functional groups attached to an aromatic ring is 1.